The van der Waals surface area contributed by atoms with Crippen molar-refractivity contribution >= 4 is 17.5 Å². The van der Waals surface area contributed by atoms with Gasteiger partial charge in [-0.05, 0) is 13.3 Å². The normalized spacial score (nSPS) is 24.7. The summed E-state index contributed by atoms with van der Waals surface area (Å²) in [5.41, 5.74) is 0.332. The van der Waals surface area contributed by atoms with Crippen molar-refractivity contribution in [2.45, 2.75) is 31.8 Å². The molecular weight excluding hydrogens is 332 g/mol. The molecule has 6 heteroatoms. The number of methoxy groups -OCH3 is 1. The second kappa shape index (κ2) is 7.83. The Hall–Kier alpha value is -2.47. The molecule has 140 valence electrons. The van der Waals surface area contributed by atoms with Gasteiger partial charge < -0.3 is 9.64 Å². The highest BCUT2D eigenvalue weighted by molar-refractivity contribution is 6.16. The molecule has 0 aliphatic carbocycles. The minimum absolute atomic E-state index is 0.0371. The molecule has 1 heterocycles. The SMILES string of the molecule is CCC1(C)/C(=C/N(C)C)C(=O)C(C(=O)OC)N1CC(=O)c1ccccc1. The molecule has 0 N–H and O–H groups in total. The van der Waals surface area contributed by atoms with Crippen LogP contribution in [0, 0.1) is 0 Å². The number of Topliss-reactive ketones (excluding diaryl/α,β-unsaturated/α-hetero) is 2. The summed E-state index contributed by atoms with van der Waals surface area (Å²) in [5.74, 6) is -1.09. The third kappa shape index (κ3) is 3.55. The summed E-state index contributed by atoms with van der Waals surface area (Å²) in [5, 5.41) is 0. The van der Waals surface area contributed by atoms with Gasteiger partial charge >= 0.3 is 5.97 Å². The lowest BCUT2D eigenvalue weighted by Crippen LogP contribution is -2.51. The number of hydrogen-bond acceptors (Lipinski definition) is 6. The lowest BCUT2D eigenvalue weighted by atomic mass is 9.89. The monoisotopic (exact) mass is 358 g/mol. The first-order chi connectivity index (χ1) is 12.3. The molecule has 0 saturated carbocycles. The molecule has 2 rings (SSSR count). The van der Waals surface area contributed by atoms with Crippen molar-refractivity contribution < 1.29 is 19.1 Å². The van der Waals surface area contributed by atoms with E-state index in [4.69, 9.17) is 4.74 Å². The predicted octanol–water partition coefficient (Wildman–Crippen LogP) is 1.91. The summed E-state index contributed by atoms with van der Waals surface area (Å²) in [6.45, 7) is 3.79. The smallest absolute Gasteiger partial charge is 0.331 e. The Bertz CT molecular complexity index is 727. The maximum Gasteiger partial charge on any atom is 0.331 e. The number of hydrogen-bond donors (Lipinski definition) is 0. The molecule has 0 radical (unpaired) electrons. The van der Waals surface area contributed by atoms with E-state index in [1.54, 1.807) is 40.3 Å². The maximum absolute atomic E-state index is 13.0. The lowest BCUT2D eigenvalue weighted by molar-refractivity contribution is -0.149. The molecule has 1 fully saturated rings. The van der Waals surface area contributed by atoms with Crippen molar-refractivity contribution in [1.29, 1.82) is 0 Å². The van der Waals surface area contributed by atoms with E-state index >= 15 is 0 Å². The van der Waals surface area contributed by atoms with Crippen LogP contribution in [0.1, 0.15) is 30.6 Å². The fourth-order valence-corrected chi connectivity index (χ4v) is 3.33. The highest BCUT2D eigenvalue weighted by Crippen LogP contribution is 2.39. The number of benzene rings is 1. The van der Waals surface area contributed by atoms with Crippen LogP contribution in [0.25, 0.3) is 0 Å². The molecular formula is C20H26N2O4. The number of likely N-dealkylation sites (tertiary alicyclic amines) is 1. The van der Waals surface area contributed by atoms with Gasteiger partial charge in [0.05, 0.1) is 13.7 Å². The second-order valence-electron chi connectivity index (χ2n) is 6.84. The highest BCUT2D eigenvalue weighted by Gasteiger charge is 2.55. The Balaban J connectivity index is 2.48. The zero-order valence-electron chi connectivity index (χ0n) is 16.0. The average molecular weight is 358 g/mol. The van der Waals surface area contributed by atoms with Crippen molar-refractivity contribution in [3.63, 3.8) is 0 Å². The standard InChI is InChI=1S/C20H26N2O4/c1-6-20(2)15(12-21(3)4)18(24)17(19(25)26-5)22(20)13-16(23)14-10-8-7-9-11-14/h7-12,17H,6,13H2,1-5H3/b15-12+. The molecule has 26 heavy (non-hydrogen) atoms. The van der Waals surface area contributed by atoms with Gasteiger partial charge in [-0.3, -0.25) is 14.5 Å². The van der Waals surface area contributed by atoms with E-state index in [9.17, 15) is 14.4 Å². The number of ketones is 2. The minimum Gasteiger partial charge on any atom is -0.467 e. The average Bonchev–Trinajstić information content (AvgIpc) is 2.83. The Morgan fingerprint density at radius 3 is 2.38 bits per heavy atom. The summed E-state index contributed by atoms with van der Waals surface area (Å²) < 4.78 is 4.86. The molecule has 1 aromatic carbocycles. The van der Waals surface area contributed by atoms with Gasteiger partial charge in [0.2, 0.25) is 0 Å². The number of rotatable bonds is 6. The van der Waals surface area contributed by atoms with Crippen molar-refractivity contribution in [3.05, 3.63) is 47.7 Å². The zero-order valence-corrected chi connectivity index (χ0v) is 16.0. The van der Waals surface area contributed by atoms with Crippen molar-refractivity contribution in [2.24, 2.45) is 0 Å². The van der Waals surface area contributed by atoms with Gasteiger partial charge in [0, 0.05) is 37.0 Å². The molecule has 1 aliphatic rings. The number of carbonyl (C=O) groups is 3. The lowest BCUT2D eigenvalue weighted by Gasteiger charge is -2.36. The van der Waals surface area contributed by atoms with Crippen LogP contribution < -0.4 is 0 Å². The molecule has 6 nitrogen and oxygen atoms in total. The van der Waals surface area contributed by atoms with Gasteiger partial charge in [-0.25, -0.2) is 4.79 Å². The van der Waals surface area contributed by atoms with Crippen LogP contribution in [0.3, 0.4) is 0 Å². The number of nitrogens with zero attached hydrogens (tertiary/aromatic N) is 2. The number of carbonyl (C=O) groups excluding carboxylic acids is 3. The molecule has 0 spiro atoms. The molecule has 1 saturated heterocycles. The second-order valence-corrected chi connectivity index (χ2v) is 6.84. The van der Waals surface area contributed by atoms with Crippen LogP contribution in [0.5, 0.6) is 0 Å². The van der Waals surface area contributed by atoms with Crippen LogP contribution >= 0.6 is 0 Å². The van der Waals surface area contributed by atoms with Gasteiger partial charge in [0.15, 0.2) is 17.6 Å². The largest absolute Gasteiger partial charge is 0.467 e. The first kappa shape index (κ1) is 19.8. The van der Waals surface area contributed by atoms with Crippen LogP contribution in [0.2, 0.25) is 0 Å². The molecule has 1 aliphatic heterocycles. The van der Waals surface area contributed by atoms with E-state index in [1.165, 1.54) is 7.11 Å². The van der Waals surface area contributed by atoms with E-state index in [1.807, 2.05) is 34.0 Å². The molecule has 0 amide bonds. The van der Waals surface area contributed by atoms with Crippen molar-refractivity contribution in [2.75, 3.05) is 27.7 Å². The predicted molar refractivity (Wildman–Crippen MR) is 98.8 cm³/mol. The van der Waals surface area contributed by atoms with E-state index in [0.29, 0.717) is 17.6 Å². The van der Waals surface area contributed by atoms with Crippen LogP contribution in [-0.2, 0) is 14.3 Å². The van der Waals surface area contributed by atoms with Crippen LogP contribution in [-0.4, -0.2) is 66.7 Å². The quantitative estimate of drug-likeness (QED) is 0.335. The van der Waals surface area contributed by atoms with Gasteiger partial charge in [-0.2, -0.15) is 0 Å². The van der Waals surface area contributed by atoms with Crippen molar-refractivity contribution in [3.8, 4) is 0 Å². The molecule has 0 aromatic heterocycles. The molecule has 2 unspecified atom stereocenters. The van der Waals surface area contributed by atoms with Crippen LogP contribution in [0.4, 0.5) is 0 Å². The Kier molecular flexibility index (Phi) is 5.97. The topological polar surface area (TPSA) is 66.9 Å². The third-order valence-corrected chi connectivity index (χ3v) is 4.95. The van der Waals surface area contributed by atoms with E-state index in [2.05, 4.69) is 0 Å². The Labute approximate surface area is 154 Å². The van der Waals surface area contributed by atoms with Gasteiger partial charge in [-0.1, -0.05) is 37.3 Å². The fraction of sp³-hybridized carbons (Fsp3) is 0.450. The Morgan fingerprint density at radius 2 is 1.88 bits per heavy atom. The summed E-state index contributed by atoms with van der Waals surface area (Å²) in [6, 6.07) is 7.76. The molecule has 1 aromatic rings. The van der Waals surface area contributed by atoms with E-state index in [0.717, 1.165) is 0 Å². The van der Waals surface area contributed by atoms with Crippen LogP contribution in [0.15, 0.2) is 42.1 Å². The summed E-state index contributed by atoms with van der Waals surface area (Å²) in [4.78, 5) is 41.6. The summed E-state index contributed by atoms with van der Waals surface area (Å²) in [7, 11) is 4.90. The van der Waals surface area contributed by atoms with Gasteiger partial charge in [0.25, 0.3) is 0 Å². The summed E-state index contributed by atoms with van der Waals surface area (Å²) >= 11 is 0. The number of esters is 1. The Morgan fingerprint density at radius 1 is 1.27 bits per heavy atom. The minimum atomic E-state index is -1.11. The third-order valence-electron chi connectivity index (χ3n) is 4.95. The molecule has 0 bridgehead atoms. The maximum atomic E-state index is 13.0. The first-order valence-corrected chi connectivity index (χ1v) is 8.62. The van der Waals surface area contributed by atoms with E-state index < -0.39 is 17.6 Å². The van der Waals surface area contributed by atoms with Gasteiger partial charge in [-0.15, -0.1) is 0 Å². The van der Waals surface area contributed by atoms with E-state index in [-0.39, 0.29) is 18.1 Å². The molecule has 2 atom stereocenters. The summed E-state index contributed by atoms with van der Waals surface area (Å²) in [6.07, 6.45) is 2.31. The highest BCUT2D eigenvalue weighted by atomic mass is 16.5. The zero-order chi connectivity index (χ0) is 19.5. The number of ether oxygens (including phenoxy) is 1. The fourth-order valence-electron chi connectivity index (χ4n) is 3.33. The van der Waals surface area contributed by atoms with Gasteiger partial charge in [0.1, 0.15) is 0 Å². The van der Waals surface area contributed by atoms with Crippen molar-refractivity contribution in [1.82, 2.24) is 9.80 Å². The first-order valence-electron chi connectivity index (χ1n) is 8.62.